The minimum Gasteiger partial charge on any atom is -0.490 e. The molecule has 2 heterocycles. The van der Waals surface area contributed by atoms with E-state index in [9.17, 15) is 14.4 Å². The molecule has 0 spiro atoms. The molecular weight excluding hydrogens is 722 g/mol. The Bertz CT molecular complexity index is 2290. The summed E-state index contributed by atoms with van der Waals surface area (Å²) in [6, 6.07) is 20.1. The summed E-state index contributed by atoms with van der Waals surface area (Å²) in [5.74, 6) is 2.68. The van der Waals surface area contributed by atoms with Crippen LogP contribution < -0.4 is 29.7 Å². The average Bonchev–Trinajstić information content (AvgIpc) is 3.44. The van der Waals surface area contributed by atoms with Gasteiger partial charge in [-0.3, -0.25) is 14.2 Å². The van der Waals surface area contributed by atoms with Crippen LogP contribution in [0.2, 0.25) is 5.02 Å². The van der Waals surface area contributed by atoms with E-state index in [1.807, 2.05) is 25.1 Å². The van der Waals surface area contributed by atoms with E-state index in [0.717, 1.165) is 23.4 Å². The van der Waals surface area contributed by atoms with Crippen molar-refractivity contribution in [2.45, 2.75) is 70.8 Å². The summed E-state index contributed by atoms with van der Waals surface area (Å²) in [6.07, 6.45) is 9.90. The Kier molecular flexibility index (Phi) is 10.00. The first-order valence-corrected chi connectivity index (χ1v) is 20.1. The lowest BCUT2D eigenvalue weighted by atomic mass is 9.48. The first kappa shape index (κ1) is 36.3. The van der Waals surface area contributed by atoms with Crippen molar-refractivity contribution in [2.75, 3.05) is 25.1 Å². The molecule has 54 heavy (non-hydrogen) atoms. The second-order valence-electron chi connectivity index (χ2n) is 15.1. The number of aromatic nitrogens is 1. The van der Waals surface area contributed by atoms with Gasteiger partial charge in [-0.15, -0.1) is 0 Å². The second-order valence-corrected chi connectivity index (χ2v) is 16.5. The second kappa shape index (κ2) is 14.9. The third-order valence-corrected chi connectivity index (χ3v) is 12.8. The van der Waals surface area contributed by atoms with Crippen LogP contribution in [0.15, 0.2) is 87.8 Å². The van der Waals surface area contributed by atoms with E-state index < -0.39 is 12.0 Å². The molecule has 9 nitrogen and oxygen atoms in total. The van der Waals surface area contributed by atoms with Gasteiger partial charge in [0.1, 0.15) is 6.04 Å². The number of nitrogens with one attached hydrogen (secondary N) is 1. The molecule has 4 aliphatic carbocycles. The number of carbonyl (C=O) groups is 2. The Labute approximate surface area is 323 Å². The molecule has 11 heteroatoms. The lowest BCUT2D eigenvalue weighted by molar-refractivity contribution is -0.139. The molecule has 1 atom stereocenters. The number of ether oxygens (including phenoxy) is 3. The lowest BCUT2D eigenvalue weighted by Gasteiger charge is -2.57. The molecule has 280 valence electrons. The van der Waals surface area contributed by atoms with Crippen LogP contribution in [-0.2, 0) is 19.7 Å². The van der Waals surface area contributed by atoms with Crippen molar-refractivity contribution >= 4 is 46.6 Å². The van der Waals surface area contributed by atoms with Gasteiger partial charge in [0.25, 0.3) is 11.5 Å². The number of esters is 1. The zero-order valence-electron chi connectivity index (χ0n) is 30.7. The summed E-state index contributed by atoms with van der Waals surface area (Å²) >= 11 is 7.85. The Hall–Kier alpha value is -4.67. The van der Waals surface area contributed by atoms with E-state index in [2.05, 4.69) is 22.4 Å². The van der Waals surface area contributed by atoms with E-state index in [1.54, 1.807) is 56.3 Å². The number of nitrogens with zero attached hydrogens (tertiary/aromatic N) is 2. The Balaban J connectivity index is 0.996. The largest absolute Gasteiger partial charge is 0.490 e. The summed E-state index contributed by atoms with van der Waals surface area (Å²) in [5.41, 5.74) is 4.18. The highest BCUT2D eigenvalue weighted by molar-refractivity contribution is 7.07. The molecule has 5 aliphatic rings. The van der Waals surface area contributed by atoms with Gasteiger partial charge in [-0.2, -0.15) is 0 Å². The number of amides is 1. The van der Waals surface area contributed by atoms with Gasteiger partial charge in [-0.1, -0.05) is 59.3 Å². The van der Waals surface area contributed by atoms with Gasteiger partial charge in [0.05, 0.1) is 29.0 Å². The molecule has 0 saturated heterocycles. The van der Waals surface area contributed by atoms with E-state index in [-0.39, 0.29) is 30.3 Å². The molecule has 4 fully saturated rings. The highest BCUT2D eigenvalue weighted by atomic mass is 35.5. The number of hydrogen-bond acceptors (Lipinski definition) is 8. The molecule has 4 aromatic rings. The van der Waals surface area contributed by atoms with E-state index in [1.165, 1.54) is 60.0 Å². The van der Waals surface area contributed by atoms with Crippen LogP contribution in [-0.4, -0.2) is 36.3 Å². The molecule has 1 aromatic heterocycles. The molecule has 0 radical (unpaired) electrons. The van der Waals surface area contributed by atoms with Crippen LogP contribution in [0.1, 0.15) is 82.0 Å². The molecular formula is C43H44ClN3O6S. The van der Waals surface area contributed by atoms with Crippen molar-refractivity contribution in [2.24, 2.45) is 22.7 Å². The summed E-state index contributed by atoms with van der Waals surface area (Å²) in [4.78, 5) is 45.4. The Morgan fingerprint density at radius 1 is 0.944 bits per heavy atom. The van der Waals surface area contributed by atoms with Gasteiger partial charge in [0.15, 0.2) is 22.9 Å². The molecule has 0 unspecified atom stereocenters. The maximum Gasteiger partial charge on any atom is 0.338 e. The monoisotopic (exact) mass is 765 g/mol. The fourth-order valence-corrected chi connectivity index (χ4v) is 10.9. The zero-order valence-corrected chi connectivity index (χ0v) is 32.3. The van der Waals surface area contributed by atoms with Crippen LogP contribution in [0, 0.1) is 17.8 Å². The number of rotatable bonds is 11. The number of benzene rings is 3. The smallest absolute Gasteiger partial charge is 0.338 e. The highest BCUT2D eigenvalue weighted by Gasteiger charge is 2.51. The SMILES string of the molecule is CCOC(=O)C1=C(C)N=c2s/c(=C/c3ccc(OCC(=O)Nc4ccc(C56CC7CC(CC(C7)C5)C6)cc4)c(OCC)c3)c(=O)n2[C@H]1c1ccccc1Cl. The number of fused-ring (bicyclic) bond motifs is 1. The number of anilines is 1. The van der Waals surface area contributed by atoms with Crippen molar-refractivity contribution in [3.05, 3.63) is 119 Å². The molecule has 1 N–H and O–H groups in total. The third kappa shape index (κ3) is 6.90. The quantitative estimate of drug-likeness (QED) is 0.160. The van der Waals surface area contributed by atoms with Crippen LogP contribution in [0.3, 0.4) is 0 Å². The predicted molar refractivity (Wildman–Crippen MR) is 210 cm³/mol. The Morgan fingerprint density at radius 3 is 2.31 bits per heavy atom. The Morgan fingerprint density at radius 2 is 1.65 bits per heavy atom. The normalized spacial score (nSPS) is 24.2. The van der Waals surface area contributed by atoms with Crippen LogP contribution in [0.5, 0.6) is 11.5 Å². The minimum atomic E-state index is -0.809. The number of hydrogen-bond donors (Lipinski definition) is 1. The highest BCUT2D eigenvalue weighted by Crippen LogP contribution is 2.60. The number of allylic oxidation sites excluding steroid dienone is 1. The van der Waals surface area contributed by atoms with Crippen LogP contribution >= 0.6 is 22.9 Å². The average molecular weight is 766 g/mol. The summed E-state index contributed by atoms with van der Waals surface area (Å²) in [6.45, 7) is 5.69. The van der Waals surface area contributed by atoms with Gasteiger partial charge in [0.2, 0.25) is 0 Å². The van der Waals surface area contributed by atoms with Crippen molar-refractivity contribution in [3.63, 3.8) is 0 Å². The number of carbonyl (C=O) groups excluding carboxylic acids is 2. The topological polar surface area (TPSA) is 108 Å². The van der Waals surface area contributed by atoms with Crippen molar-refractivity contribution in [1.82, 2.24) is 4.57 Å². The maximum absolute atomic E-state index is 14.1. The summed E-state index contributed by atoms with van der Waals surface area (Å²) < 4.78 is 19.2. The van der Waals surface area contributed by atoms with Crippen molar-refractivity contribution in [1.29, 1.82) is 0 Å². The fraction of sp³-hybridized carbons (Fsp3) is 0.395. The van der Waals surface area contributed by atoms with Crippen molar-refractivity contribution < 1.29 is 23.8 Å². The first-order chi connectivity index (χ1) is 26.1. The van der Waals surface area contributed by atoms with Gasteiger partial charge < -0.3 is 19.5 Å². The first-order valence-electron chi connectivity index (χ1n) is 18.9. The molecule has 1 amide bonds. The van der Waals surface area contributed by atoms with E-state index >= 15 is 0 Å². The van der Waals surface area contributed by atoms with E-state index in [4.69, 9.17) is 25.8 Å². The fourth-order valence-electron chi connectivity index (χ4n) is 9.65. The minimum absolute atomic E-state index is 0.178. The van der Waals surface area contributed by atoms with Crippen molar-refractivity contribution in [3.8, 4) is 11.5 Å². The van der Waals surface area contributed by atoms with Crippen LogP contribution in [0.25, 0.3) is 6.08 Å². The molecule has 1 aliphatic heterocycles. The predicted octanol–water partition coefficient (Wildman–Crippen LogP) is 7.34. The maximum atomic E-state index is 14.1. The van der Waals surface area contributed by atoms with Crippen LogP contribution in [0.4, 0.5) is 5.69 Å². The third-order valence-electron chi connectivity index (χ3n) is 11.5. The number of thiazole rings is 1. The van der Waals surface area contributed by atoms with Gasteiger partial charge in [0, 0.05) is 10.7 Å². The number of halogens is 1. The standard InChI is InChI=1S/C43H44ClN3O6S/c1-4-51-35-19-26(20-36-40(49)47-39(32-8-6-7-9-33(32)44)38(41(50)52-5-2)25(3)45-42(47)54-36)10-15-34(35)53-24-37(48)46-31-13-11-30(12-14-31)43-21-27-16-28(22-43)18-29(17-27)23-43/h6-15,19-20,27-29,39H,4-5,16-18,21-24H2,1-3H3,(H,46,48)/b36-20+/t27?,28?,29?,39-,43?/m0/s1. The summed E-state index contributed by atoms with van der Waals surface area (Å²) in [5, 5.41) is 3.40. The molecule has 3 aromatic carbocycles. The molecule has 4 bridgehead atoms. The van der Waals surface area contributed by atoms with Gasteiger partial charge >= 0.3 is 5.97 Å². The molecule has 9 rings (SSSR count). The lowest BCUT2D eigenvalue weighted by Crippen LogP contribution is -2.48. The van der Waals surface area contributed by atoms with Gasteiger partial charge in [-0.25, -0.2) is 9.79 Å². The zero-order chi connectivity index (χ0) is 37.6. The molecule has 4 saturated carbocycles. The van der Waals surface area contributed by atoms with Gasteiger partial charge in [-0.05, 0) is 136 Å². The summed E-state index contributed by atoms with van der Waals surface area (Å²) in [7, 11) is 0. The van der Waals surface area contributed by atoms with E-state index in [0.29, 0.717) is 54.7 Å².